The molecule has 3 aromatic rings. The molecule has 5 nitrogen and oxygen atoms in total. The predicted octanol–water partition coefficient (Wildman–Crippen LogP) is 3.77. The van der Waals surface area contributed by atoms with E-state index < -0.39 is 0 Å². The maximum atomic E-state index is 12.5. The van der Waals surface area contributed by atoms with Gasteiger partial charge in [0, 0.05) is 39.0 Å². The van der Waals surface area contributed by atoms with Crippen molar-refractivity contribution in [1.82, 2.24) is 14.3 Å². The van der Waals surface area contributed by atoms with Gasteiger partial charge in [0.05, 0.1) is 12.3 Å². The lowest BCUT2D eigenvalue weighted by Gasteiger charge is -2.22. The first kappa shape index (κ1) is 20.2. The lowest BCUT2D eigenvalue weighted by atomic mass is 10.0. The largest absolute Gasteiger partial charge is 0.383 e. The van der Waals surface area contributed by atoms with E-state index in [1.807, 2.05) is 19.1 Å². The van der Waals surface area contributed by atoms with Crippen LogP contribution >= 0.6 is 0 Å². The zero-order chi connectivity index (χ0) is 20.1. The number of hydrogen-bond donors (Lipinski definition) is 0. The number of rotatable bonds is 8. The van der Waals surface area contributed by atoms with Gasteiger partial charge in [-0.05, 0) is 35.6 Å². The second-order valence-electron chi connectivity index (χ2n) is 7.57. The second kappa shape index (κ2) is 9.13. The highest BCUT2D eigenvalue weighted by Gasteiger charge is 2.11. The summed E-state index contributed by atoms with van der Waals surface area (Å²) in [6, 6.07) is 14.2. The molecule has 1 aromatic carbocycles. The molecule has 2 heterocycles. The van der Waals surface area contributed by atoms with Crippen LogP contribution in [0.15, 0.2) is 53.5 Å². The van der Waals surface area contributed by atoms with E-state index in [9.17, 15) is 4.79 Å². The third-order valence-electron chi connectivity index (χ3n) is 4.99. The van der Waals surface area contributed by atoms with Crippen LogP contribution in [-0.2, 0) is 17.8 Å². The van der Waals surface area contributed by atoms with E-state index in [0.29, 0.717) is 19.1 Å². The molecular weight excluding hydrogens is 350 g/mol. The fourth-order valence-electron chi connectivity index (χ4n) is 3.32. The van der Waals surface area contributed by atoms with Gasteiger partial charge in [0.25, 0.3) is 5.56 Å². The molecule has 0 unspecified atom stereocenters. The number of hydrogen-bond acceptors (Lipinski definition) is 4. The first-order valence-electron chi connectivity index (χ1n) is 9.76. The summed E-state index contributed by atoms with van der Waals surface area (Å²) in [4.78, 5) is 19.5. The molecule has 0 saturated carbocycles. The quantitative estimate of drug-likeness (QED) is 0.598. The molecule has 0 spiro atoms. The molecule has 0 atom stereocenters. The van der Waals surface area contributed by atoms with Crippen LogP contribution in [0.1, 0.15) is 42.1 Å². The lowest BCUT2D eigenvalue weighted by Crippen LogP contribution is -2.28. The summed E-state index contributed by atoms with van der Waals surface area (Å²) in [6.45, 7) is 9.18. The van der Waals surface area contributed by atoms with Crippen LogP contribution in [0.4, 0.5) is 0 Å². The van der Waals surface area contributed by atoms with Gasteiger partial charge in [-0.2, -0.15) is 0 Å². The van der Waals surface area contributed by atoms with E-state index >= 15 is 0 Å². The van der Waals surface area contributed by atoms with Crippen molar-refractivity contribution in [3.63, 3.8) is 0 Å². The van der Waals surface area contributed by atoms with Crippen LogP contribution in [-0.4, -0.2) is 34.5 Å². The summed E-state index contributed by atoms with van der Waals surface area (Å²) >= 11 is 0. The number of aryl methyl sites for hydroxylation is 1. The smallest absolute Gasteiger partial charge is 0.258 e. The predicted molar refractivity (Wildman–Crippen MR) is 113 cm³/mol. The summed E-state index contributed by atoms with van der Waals surface area (Å²) in [5, 5.41) is 0. The van der Waals surface area contributed by atoms with Gasteiger partial charge in [0.15, 0.2) is 0 Å². The van der Waals surface area contributed by atoms with Crippen molar-refractivity contribution in [1.29, 1.82) is 0 Å². The van der Waals surface area contributed by atoms with E-state index in [4.69, 9.17) is 9.72 Å². The maximum Gasteiger partial charge on any atom is 0.258 e. The van der Waals surface area contributed by atoms with Crippen molar-refractivity contribution in [2.45, 2.75) is 39.8 Å². The molecule has 0 amide bonds. The lowest BCUT2D eigenvalue weighted by molar-refractivity contribution is 0.139. The first-order valence-corrected chi connectivity index (χ1v) is 9.76. The van der Waals surface area contributed by atoms with E-state index in [0.717, 1.165) is 30.0 Å². The van der Waals surface area contributed by atoms with Crippen molar-refractivity contribution >= 4 is 5.65 Å². The van der Waals surface area contributed by atoms with Crippen LogP contribution in [0, 0.1) is 6.92 Å². The van der Waals surface area contributed by atoms with Crippen LogP contribution in [0.2, 0.25) is 0 Å². The van der Waals surface area contributed by atoms with Crippen molar-refractivity contribution in [2.24, 2.45) is 0 Å². The Morgan fingerprint density at radius 3 is 2.57 bits per heavy atom. The summed E-state index contributed by atoms with van der Waals surface area (Å²) in [5.41, 5.74) is 5.04. The third-order valence-corrected chi connectivity index (χ3v) is 4.99. The highest BCUT2D eigenvalue weighted by atomic mass is 16.5. The number of ether oxygens (including phenoxy) is 1. The van der Waals surface area contributed by atoms with Gasteiger partial charge < -0.3 is 4.74 Å². The van der Waals surface area contributed by atoms with Crippen molar-refractivity contribution < 1.29 is 4.74 Å². The summed E-state index contributed by atoms with van der Waals surface area (Å²) < 4.78 is 6.88. The zero-order valence-corrected chi connectivity index (χ0v) is 17.2. The molecule has 0 aliphatic heterocycles. The van der Waals surface area contributed by atoms with Crippen molar-refractivity contribution in [3.05, 3.63) is 81.4 Å². The number of pyridine rings is 1. The van der Waals surface area contributed by atoms with Crippen LogP contribution in [0.25, 0.3) is 5.65 Å². The minimum Gasteiger partial charge on any atom is -0.383 e. The Morgan fingerprint density at radius 1 is 1.14 bits per heavy atom. The Hall–Kier alpha value is -2.50. The summed E-state index contributed by atoms with van der Waals surface area (Å²) in [6.07, 6.45) is 1.76. The second-order valence-corrected chi connectivity index (χ2v) is 7.57. The van der Waals surface area contributed by atoms with Crippen LogP contribution < -0.4 is 5.56 Å². The molecule has 2 aromatic heterocycles. The molecule has 148 valence electrons. The maximum absolute atomic E-state index is 12.5. The molecule has 0 saturated heterocycles. The fourth-order valence-corrected chi connectivity index (χ4v) is 3.32. The number of methoxy groups -OCH3 is 1. The standard InChI is InChI=1S/C23H29N3O2/c1-17(2)20-9-7-19(8-10-20)15-25(12-13-28-4)16-21-14-22(27)26-11-5-6-18(3)23(26)24-21/h5-11,14,17H,12-13,15-16H2,1-4H3. The zero-order valence-electron chi connectivity index (χ0n) is 17.2. The Morgan fingerprint density at radius 2 is 1.89 bits per heavy atom. The number of benzene rings is 1. The Labute approximate surface area is 166 Å². The molecule has 3 rings (SSSR count). The Bertz CT molecular complexity index is 977. The summed E-state index contributed by atoms with van der Waals surface area (Å²) in [5.74, 6) is 0.525. The SMILES string of the molecule is COCCN(Cc1ccc(C(C)C)cc1)Cc1cc(=O)n2cccc(C)c2n1. The van der Waals surface area contributed by atoms with Gasteiger partial charge in [0.1, 0.15) is 5.65 Å². The monoisotopic (exact) mass is 379 g/mol. The van der Waals surface area contributed by atoms with Crippen LogP contribution in [0.3, 0.4) is 0 Å². The van der Waals surface area contributed by atoms with E-state index in [1.54, 1.807) is 23.8 Å². The highest BCUT2D eigenvalue weighted by molar-refractivity contribution is 5.46. The van der Waals surface area contributed by atoms with Crippen molar-refractivity contribution in [2.75, 3.05) is 20.3 Å². The minimum absolute atomic E-state index is 0.0447. The molecule has 28 heavy (non-hydrogen) atoms. The molecule has 0 N–H and O–H groups in total. The van der Waals surface area contributed by atoms with E-state index in [-0.39, 0.29) is 5.56 Å². The van der Waals surface area contributed by atoms with Gasteiger partial charge in [-0.1, -0.05) is 44.2 Å². The number of fused-ring (bicyclic) bond motifs is 1. The summed E-state index contributed by atoms with van der Waals surface area (Å²) in [7, 11) is 1.71. The van der Waals surface area contributed by atoms with E-state index in [1.165, 1.54) is 11.1 Å². The van der Waals surface area contributed by atoms with E-state index in [2.05, 4.69) is 43.0 Å². The average Bonchev–Trinajstić information content (AvgIpc) is 2.67. The normalized spacial score (nSPS) is 11.6. The number of nitrogens with zero attached hydrogens (tertiary/aromatic N) is 3. The molecule has 0 aliphatic rings. The molecule has 0 radical (unpaired) electrons. The van der Waals surface area contributed by atoms with Gasteiger partial charge in [0.2, 0.25) is 0 Å². The minimum atomic E-state index is -0.0447. The third kappa shape index (κ3) is 4.86. The molecule has 0 bridgehead atoms. The molecule has 0 aliphatic carbocycles. The van der Waals surface area contributed by atoms with Gasteiger partial charge in [-0.3, -0.25) is 14.1 Å². The highest BCUT2D eigenvalue weighted by Crippen LogP contribution is 2.16. The first-order chi connectivity index (χ1) is 13.5. The topological polar surface area (TPSA) is 46.8 Å². The Kier molecular flexibility index (Phi) is 6.60. The number of aromatic nitrogens is 2. The molecule has 0 fully saturated rings. The van der Waals surface area contributed by atoms with Gasteiger partial charge in [-0.25, -0.2) is 4.98 Å². The fraction of sp³-hybridized carbons (Fsp3) is 0.391. The van der Waals surface area contributed by atoms with Gasteiger partial charge >= 0.3 is 0 Å². The average molecular weight is 380 g/mol. The molecular formula is C23H29N3O2. The van der Waals surface area contributed by atoms with Gasteiger partial charge in [-0.15, -0.1) is 0 Å². The van der Waals surface area contributed by atoms with Crippen LogP contribution in [0.5, 0.6) is 0 Å². The Balaban J connectivity index is 1.83. The molecule has 5 heteroatoms. The van der Waals surface area contributed by atoms with Crippen molar-refractivity contribution in [3.8, 4) is 0 Å².